The molecule has 0 aliphatic carbocycles. The first-order chi connectivity index (χ1) is 19.1. The fraction of sp³-hybridized carbons (Fsp3) is 0.133. The number of fused-ring (bicyclic) bond motifs is 2. The number of anilines is 2. The van der Waals surface area contributed by atoms with Crippen LogP contribution in [-0.2, 0) is 0 Å². The summed E-state index contributed by atoms with van der Waals surface area (Å²) < 4.78 is 34.2. The maximum absolute atomic E-state index is 13.2. The van der Waals surface area contributed by atoms with Crippen molar-refractivity contribution in [3.05, 3.63) is 94.0 Å². The van der Waals surface area contributed by atoms with E-state index in [1.165, 1.54) is 24.3 Å². The van der Waals surface area contributed by atoms with Gasteiger partial charge in [0.2, 0.25) is 0 Å². The summed E-state index contributed by atoms with van der Waals surface area (Å²) in [5.74, 6) is -0.475. The van der Waals surface area contributed by atoms with Crippen molar-refractivity contribution in [3.8, 4) is 20.3 Å². The van der Waals surface area contributed by atoms with Crippen LogP contribution in [0.5, 0.6) is 0 Å². The second-order valence-electron chi connectivity index (χ2n) is 8.64. The molecule has 0 atom stereocenters. The van der Waals surface area contributed by atoms with Gasteiger partial charge in [-0.3, -0.25) is 0 Å². The molecule has 0 aliphatic heterocycles. The molecule has 0 fully saturated rings. The number of rotatable bonds is 2. The zero-order valence-electron chi connectivity index (χ0n) is 21.3. The molecule has 0 unspecified atom stereocenters. The molecular formula is C30H30BBrF2N5SSe2. The van der Waals surface area contributed by atoms with Crippen LogP contribution in [0.1, 0.15) is 26.0 Å². The molecule has 2 heterocycles. The molecule has 42 heavy (non-hydrogen) atoms. The van der Waals surface area contributed by atoms with E-state index in [1.54, 1.807) is 0 Å². The van der Waals surface area contributed by atoms with Gasteiger partial charge in [-0.2, -0.15) is 0 Å². The normalized spacial score (nSPS) is 10.0. The Morgan fingerprint density at radius 2 is 1.24 bits per heavy atom. The first-order valence-electron chi connectivity index (χ1n) is 11.7. The summed E-state index contributed by atoms with van der Waals surface area (Å²) in [6.45, 7) is 3.95. The van der Waals surface area contributed by atoms with Gasteiger partial charge in [-0.1, -0.05) is 14.9 Å². The molecule has 0 saturated carbocycles. The summed E-state index contributed by atoms with van der Waals surface area (Å²) in [6, 6.07) is 19.5. The number of thiol groups is 1. The van der Waals surface area contributed by atoms with E-state index in [9.17, 15) is 8.78 Å². The molecule has 2 aromatic heterocycles. The van der Waals surface area contributed by atoms with Crippen molar-refractivity contribution < 1.29 is 8.78 Å². The van der Waals surface area contributed by atoms with Crippen LogP contribution in [0.3, 0.4) is 0 Å². The fourth-order valence-electron chi connectivity index (χ4n) is 3.74. The number of nitrogens with two attached hydrogens (primary N) is 2. The van der Waals surface area contributed by atoms with E-state index in [0.29, 0.717) is 0 Å². The van der Waals surface area contributed by atoms with Crippen molar-refractivity contribution in [2.75, 3.05) is 11.5 Å². The van der Waals surface area contributed by atoms with Crippen LogP contribution in [0.4, 0.5) is 20.2 Å². The summed E-state index contributed by atoms with van der Waals surface area (Å²) in [5.41, 5.74) is 19.0. The minimum absolute atomic E-state index is 0. The number of halogens is 3. The molecule has 12 heteroatoms. The minimum atomic E-state index is -0.241. The van der Waals surface area contributed by atoms with E-state index < -0.39 is 0 Å². The van der Waals surface area contributed by atoms with Gasteiger partial charge in [0.15, 0.2) is 0 Å². The molecule has 4 aromatic carbocycles. The Labute approximate surface area is 272 Å². The third kappa shape index (κ3) is 8.50. The van der Waals surface area contributed by atoms with Crippen molar-refractivity contribution in [1.82, 2.24) is 9.97 Å². The average molecular weight is 779 g/mol. The molecule has 0 aliphatic rings. The molecule has 4 N–H and O–H groups in total. The topological polar surface area (TPSA) is 90.2 Å². The molecule has 0 bridgehead atoms. The van der Waals surface area contributed by atoms with Crippen LogP contribution < -0.4 is 11.5 Å². The molecule has 6 aromatic rings. The van der Waals surface area contributed by atoms with Crippen LogP contribution in [0, 0.1) is 25.5 Å². The molecule has 6 rings (SSSR count). The van der Waals surface area contributed by atoms with Gasteiger partial charge in [0.25, 0.3) is 0 Å². The Bertz CT molecular complexity index is 1820. The first kappa shape index (κ1) is 35.6. The van der Waals surface area contributed by atoms with Crippen molar-refractivity contribution in [2.24, 2.45) is 4.30 Å². The zero-order valence-corrected chi connectivity index (χ0v) is 27.2. The maximum atomic E-state index is 13.2. The van der Waals surface area contributed by atoms with Crippen molar-refractivity contribution in [3.63, 3.8) is 0 Å². The van der Waals surface area contributed by atoms with Crippen LogP contribution in [0.25, 0.3) is 39.8 Å². The number of benzene rings is 4. The van der Waals surface area contributed by atoms with Gasteiger partial charge in [-0.05, 0) is 0 Å². The van der Waals surface area contributed by atoms with Crippen LogP contribution in [0.15, 0.2) is 75.5 Å². The Morgan fingerprint density at radius 1 is 0.762 bits per heavy atom. The van der Waals surface area contributed by atoms with E-state index in [0.717, 1.165) is 66.8 Å². The number of nitrogen functional groups attached to an aromatic ring is 2. The summed E-state index contributed by atoms with van der Waals surface area (Å²) >= 11 is 6.91. The summed E-state index contributed by atoms with van der Waals surface area (Å²) in [7, 11) is 4.34. The SMILES string of the molecule is C.C.Cc1cc(-c2nc3cc(F)ccc3[se]2)cc(Br)c1N.Cc1cc(-c2nc3cc(F)ccc3[se]2)ccc1N.[B]=NS. The Hall–Kier alpha value is -2.59. The molecule has 1 radical (unpaired) electrons. The third-order valence-electron chi connectivity index (χ3n) is 5.80. The van der Waals surface area contributed by atoms with Gasteiger partial charge in [0, 0.05) is 0 Å². The summed E-state index contributed by atoms with van der Waals surface area (Å²) in [4.78, 5) is 9.05. The molecule has 217 valence electrons. The fourth-order valence-corrected chi connectivity index (χ4v) is 8.23. The second kappa shape index (κ2) is 15.8. The molecule has 5 nitrogen and oxygen atoms in total. The first-order valence-corrected chi connectivity index (χ1v) is 16.3. The molecular weight excluding hydrogens is 749 g/mol. The third-order valence-corrected chi connectivity index (χ3v) is 11.0. The number of aromatic nitrogens is 2. The Balaban J connectivity index is 0.000000258. The van der Waals surface area contributed by atoms with Crippen LogP contribution >= 0.6 is 28.7 Å². The van der Waals surface area contributed by atoms with Crippen molar-refractivity contribution in [1.29, 1.82) is 0 Å². The van der Waals surface area contributed by atoms with Gasteiger partial charge in [-0.15, -0.1) is 0 Å². The Morgan fingerprint density at radius 3 is 1.71 bits per heavy atom. The van der Waals surface area contributed by atoms with E-state index in [2.05, 4.69) is 50.7 Å². The molecule has 0 spiro atoms. The van der Waals surface area contributed by atoms with Crippen molar-refractivity contribution >= 4 is 96.3 Å². The zero-order chi connectivity index (χ0) is 29.0. The monoisotopic (exact) mass is 780 g/mol. The molecule has 0 amide bonds. The van der Waals surface area contributed by atoms with Gasteiger partial charge < -0.3 is 0 Å². The van der Waals surface area contributed by atoms with E-state index >= 15 is 0 Å². The van der Waals surface area contributed by atoms with Crippen LogP contribution in [-0.4, -0.2) is 46.6 Å². The van der Waals surface area contributed by atoms with Gasteiger partial charge >= 0.3 is 259 Å². The van der Waals surface area contributed by atoms with Crippen LogP contribution in [0.2, 0.25) is 0 Å². The van der Waals surface area contributed by atoms with Gasteiger partial charge in [0.05, 0.1) is 0 Å². The number of hydrogen-bond acceptors (Lipinski definition) is 6. The molecule has 0 saturated heterocycles. The standard InChI is InChI=1S/C14H10BrFN2Se.C14H11FN2Se.2CH4.BHNS/c1-7-4-8(5-10(15)13(7)17)14-18-11-6-9(16)2-3-12(11)19-14;1-8-6-9(2-4-11(8)16)14-17-12-7-10(15)3-5-13(12)18-14;;;1-2-3/h2-6H,17H2,1H3;2-7H,16H2,1H3;2*1H4;3H. The number of aryl methyl sites for hydroxylation is 2. The van der Waals surface area contributed by atoms with Gasteiger partial charge in [-0.25, -0.2) is 0 Å². The van der Waals surface area contributed by atoms with E-state index in [4.69, 9.17) is 11.5 Å². The van der Waals surface area contributed by atoms with Gasteiger partial charge in [0.1, 0.15) is 0 Å². The van der Waals surface area contributed by atoms with E-state index in [1.807, 2.05) is 56.3 Å². The Kier molecular flexibility index (Phi) is 13.4. The number of nitrogens with zero attached hydrogens (tertiary/aromatic N) is 3. The number of hydrogen-bond donors (Lipinski definition) is 3. The van der Waals surface area contributed by atoms with E-state index in [-0.39, 0.29) is 55.5 Å². The predicted octanol–water partition coefficient (Wildman–Crippen LogP) is 8.20. The predicted molar refractivity (Wildman–Crippen MR) is 185 cm³/mol. The average Bonchev–Trinajstić information content (AvgIpc) is 3.53. The summed E-state index contributed by atoms with van der Waals surface area (Å²) in [5, 5.41) is 0. The summed E-state index contributed by atoms with van der Waals surface area (Å²) in [6.07, 6.45) is 0. The second-order valence-corrected chi connectivity index (χ2v) is 14.0. The van der Waals surface area contributed by atoms with Crippen molar-refractivity contribution in [2.45, 2.75) is 28.7 Å². The quantitative estimate of drug-likeness (QED) is 0.0940.